The molecule has 1 saturated carbocycles. The fraction of sp³-hybridized carbons (Fsp3) is 0.708. The van der Waals surface area contributed by atoms with Gasteiger partial charge in [-0.3, -0.25) is 0 Å². The van der Waals surface area contributed by atoms with Crippen LogP contribution in [0.25, 0.3) is 0 Å². The zero-order valence-electron chi connectivity index (χ0n) is 17.8. The third-order valence-electron chi connectivity index (χ3n) is 7.15. The predicted molar refractivity (Wildman–Crippen MR) is 113 cm³/mol. The Morgan fingerprint density at radius 2 is 1.96 bits per heavy atom. The van der Waals surface area contributed by atoms with Crippen LogP contribution in [-0.2, 0) is 5.41 Å². The van der Waals surface area contributed by atoms with E-state index in [4.69, 9.17) is 4.74 Å². The molecule has 0 spiro atoms. The maximum absolute atomic E-state index is 12.6. The molecule has 1 aromatic carbocycles. The fourth-order valence-corrected chi connectivity index (χ4v) is 5.54. The number of rotatable bonds is 5. The van der Waals surface area contributed by atoms with Crippen molar-refractivity contribution in [3.63, 3.8) is 0 Å². The molecular formula is C24H37NO3. The van der Waals surface area contributed by atoms with Crippen LogP contribution in [0, 0.1) is 11.8 Å². The van der Waals surface area contributed by atoms with Crippen molar-refractivity contribution in [2.45, 2.75) is 83.6 Å². The summed E-state index contributed by atoms with van der Waals surface area (Å²) in [4.78, 5) is 14.2. The summed E-state index contributed by atoms with van der Waals surface area (Å²) >= 11 is 0. The van der Waals surface area contributed by atoms with Crippen LogP contribution in [0.2, 0.25) is 0 Å². The van der Waals surface area contributed by atoms with E-state index in [2.05, 4.69) is 32.9 Å². The first-order valence-electron chi connectivity index (χ1n) is 11.2. The minimum absolute atomic E-state index is 0.00381. The number of benzene rings is 1. The minimum atomic E-state index is -0.339. The molecule has 28 heavy (non-hydrogen) atoms. The summed E-state index contributed by atoms with van der Waals surface area (Å²) in [5, 5.41) is 9.53. The third-order valence-corrected chi connectivity index (χ3v) is 7.15. The Morgan fingerprint density at radius 1 is 1.21 bits per heavy atom. The highest BCUT2D eigenvalue weighted by Crippen LogP contribution is 2.47. The fourth-order valence-electron chi connectivity index (χ4n) is 5.54. The molecule has 2 aliphatic rings. The molecule has 1 aliphatic heterocycles. The van der Waals surface area contributed by atoms with Crippen molar-refractivity contribution in [1.29, 1.82) is 0 Å². The Hall–Kier alpha value is -1.55. The van der Waals surface area contributed by atoms with Crippen molar-refractivity contribution < 1.29 is 14.6 Å². The number of aliphatic hydroxyl groups excluding tert-OH is 1. The van der Waals surface area contributed by atoms with Gasteiger partial charge in [-0.25, -0.2) is 4.79 Å². The van der Waals surface area contributed by atoms with Gasteiger partial charge in [0.05, 0.1) is 12.6 Å². The van der Waals surface area contributed by atoms with Gasteiger partial charge in [0.25, 0.3) is 0 Å². The van der Waals surface area contributed by atoms with E-state index < -0.39 is 0 Å². The minimum Gasteiger partial charge on any atom is -0.410 e. The summed E-state index contributed by atoms with van der Waals surface area (Å²) in [7, 11) is 0. The summed E-state index contributed by atoms with van der Waals surface area (Å²) in [6.07, 6.45) is 8.79. The van der Waals surface area contributed by atoms with Crippen LogP contribution in [0.1, 0.15) is 77.7 Å². The van der Waals surface area contributed by atoms with E-state index in [1.54, 1.807) is 4.90 Å². The number of aliphatic hydroxyl groups is 1. The van der Waals surface area contributed by atoms with Gasteiger partial charge in [0.2, 0.25) is 0 Å². The standard InChI is InChI=1S/C24H37NO3/c1-4-19-14-18(3)15-24(5-2,16-19)20-9-11-22(12-10-20)28-23(27)25-13-7-6-8-21(25)17-26/h9-12,18-19,21,26H,4-8,13-17H2,1-3H3. The van der Waals surface area contributed by atoms with E-state index in [9.17, 15) is 9.90 Å². The molecule has 0 radical (unpaired) electrons. The summed E-state index contributed by atoms with van der Waals surface area (Å²) in [5.74, 6) is 2.15. The molecule has 0 aromatic heterocycles. The van der Waals surface area contributed by atoms with Gasteiger partial charge in [-0.2, -0.15) is 0 Å². The highest BCUT2D eigenvalue weighted by molar-refractivity contribution is 5.71. The van der Waals surface area contributed by atoms with Crippen LogP contribution in [0.5, 0.6) is 5.75 Å². The molecule has 4 atom stereocenters. The predicted octanol–water partition coefficient (Wildman–Crippen LogP) is 5.53. The van der Waals surface area contributed by atoms with Crippen molar-refractivity contribution in [3.05, 3.63) is 29.8 Å². The highest BCUT2D eigenvalue weighted by Gasteiger charge is 2.38. The summed E-state index contributed by atoms with van der Waals surface area (Å²) in [6, 6.07) is 8.11. The lowest BCUT2D eigenvalue weighted by Gasteiger charge is -2.44. The Morgan fingerprint density at radius 3 is 2.61 bits per heavy atom. The lowest BCUT2D eigenvalue weighted by molar-refractivity contribution is 0.0825. The van der Waals surface area contributed by atoms with Crippen LogP contribution in [0.4, 0.5) is 4.79 Å². The van der Waals surface area contributed by atoms with E-state index in [0.29, 0.717) is 12.3 Å². The molecule has 4 nitrogen and oxygen atoms in total. The maximum Gasteiger partial charge on any atom is 0.415 e. The molecule has 1 aromatic rings. The van der Waals surface area contributed by atoms with Crippen molar-refractivity contribution in [1.82, 2.24) is 4.90 Å². The molecule has 4 heteroatoms. The number of likely N-dealkylation sites (tertiary alicyclic amines) is 1. The second-order valence-electron chi connectivity index (χ2n) is 9.08. The SMILES string of the molecule is CCC1CC(C)CC(CC)(c2ccc(OC(=O)N3CCCCC3CO)cc2)C1. The van der Waals surface area contributed by atoms with Crippen LogP contribution in [0.3, 0.4) is 0 Å². The molecular weight excluding hydrogens is 350 g/mol. The molecule has 1 N–H and O–H groups in total. The monoisotopic (exact) mass is 387 g/mol. The van der Waals surface area contributed by atoms with E-state index in [-0.39, 0.29) is 24.2 Å². The maximum atomic E-state index is 12.6. The lowest BCUT2D eigenvalue weighted by atomic mass is 9.61. The normalized spacial score (nSPS) is 30.9. The number of hydrogen-bond acceptors (Lipinski definition) is 3. The highest BCUT2D eigenvalue weighted by atomic mass is 16.6. The molecule has 2 fully saturated rings. The quantitative estimate of drug-likeness (QED) is 0.723. The first-order valence-corrected chi connectivity index (χ1v) is 11.2. The molecule has 3 rings (SSSR count). The van der Waals surface area contributed by atoms with Gasteiger partial charge in [0, 0.05) is 6.54 Å². The number of nitrogens with zero attached hydrogens (tertiary/aromatic N) is 1. The van der Waals surface area contributed by atoms with Crippen LogP contribution in [-0.4, -0.2) is 35.3 Å². The van der Waals surface area contributed by atoms with E-state index in [1.807, 2.05) is 12.1 Å². The molecule has 1 saturated heterocycles. The zero-order chi connectivity index (χ0) is 20.1. The number of carbonyl (C=O) groups excluding carboxylic acids is 1. The van der Waals surface area contributed by atoms with Gasteiger partial charge in [-0.05, 0) is 79.9 Å². The van der Waals surface area contributed by atoms with Gasteiger partial charge in [0.15, 0.2) is 0 Å². The van der Waals surface area contributed by atoms with Crippen molar-refractivity contribution in [3.8, 4) is 5.75 Å². The molecule has 1 amide bonds. The smallest absolute Gasteiger partial charge is 0.410 e. The van der Waals surface area contributed by atoms with E-state index in [0.717, 1.165) is 37.5 Å². The van der Waals surface area contributed by atoms with Crippen molar-refractivity contribution in [2.75, 3.05) is 13.2 Å². The second-order valence-corrected chi connectivity index (χ2v) is 9.08. The molecule has 156 valence electrons. The molecule has 0 bridgehead atoms. The Bertz CT molecular complexity index is 644. The first-order chi connectivity index (χ1) is 13.5. The topological polar surface area (TPSA) is 49.8 Å². The first kappa shape index (κ1) is 21.2. The molecule has 1 heterocycles. The Kier molecular flexibility index (Phi) is 7.03. The average Bonchev–Trinajstić information content (AvgIpc) is 2.73. The van der Waals surface area contributed by atoms with Gasteiger partial charge >= 0.3 is 6.09 Å². The average molecular weight is 388 g/mol. The number of carbonyl (C=O) groups is 1. The van der Waals surface area contributed by atoms with Crippen molar-refractivity contribution >= 4 is 6.09 Å². The van der Waals surface area contributed by atoms with E-state index >= 15 is 0 Å². The van der Waals surface area contributed by atoms with Gasteiger partial charge in [0.1, 0.15) is 5.75 Å². The summed E-state index contributed by atoms with van der Waals surface area (Å²) in [5.41, 5.74) is 1.63. The van der Waals surface area contributed by atoms with Gasteiger partial charge < -0.3 is 14.7 Å². The third kappa shape index (κ3) is 4.53. The largest absolute Gasteiger partial charge is 0.415 e. The number of piperidine rings is 1. The van der Waals surface area contributed by atoms with E-state index in [1.165, 1.54) is 31.2 Å². The van der Waals surface area contributed by atoms with Crippen LogP contribution < -0.4 is 4.74 Å². The van der Waals surface area contributed by atoms with Gasteiger partial charge in [-0.15, -0.1) is 0 Å². The Balaban J connectivity index is 1.71. The van der Waals surface area contributed by atoms with Crippen LogP contribution >= 0.6 is 0 Å². The number of hydrogen-bond donors (Lipinski definition) is 1. The molecule has 1 aliphatic carbocycles. The number of ether oxygens (including phenoxy) is 1. The summed E-state index contributed by atoms with van der Waals surface area (Å²) < 4.78 is 5.63. The Labute approximate surface area is 170 Å². The molecule has 4 unspecified atom stereocenters. The second kappa shape index (κ2) is 9.30. The van der Waals surface area contributed by atoms with Gasteiger partial charge in [-0.1, -0.05) is 39.3 Å². The summed E-state index contributed by atoms with van der Waals surface area (Å²) in [6.45, 7) is 7.68. The van der Waals surface area contributed by atoms with Crippen molar-refractivity contribution in [2.24, 2.45) is 11.8 Å². The zero-order valence-corrected chi connectivity index (χ0v) is 17.8. The number of amides is 1. The van der Waals surface area contributed by atoms with Crippen LogP contribution in [0.15, 0.2) is 24.3 Å². The lowest BCUT2D eigenvalue weighted by Crippen LogP contribution is -2.46.